The molecule has 100 valence electrons. The molecule has 4 heteroatoms. The van der Waals surface area contributed by atoms with E-state index >= 15 is 0 Å². The van der Waals surface area contributed by atoms with Crippen molar-refractivity contribution in [1.29, 1.82) is 0 Å². The van der Waals surface area contributed by atoms with Gasteiger partial charge in [-0.2, -0.15) is 0 Å². The average Bonchev–Trinajstić information content (AvgIpc) is 2.84. The smallest absolute Gasteiger partial charge is 0.0832 e. The minimum atomic E-state index is -0.189. The first-order valence-corrected chi connectivity index (χ1v) is 7.08. The molecular weight excluding hydrogens is 269 g/mol. The summed E-state index contributed by atoms with van der Waals surface area (Å²) in [5.41, 5.74) is 7.16. The van der Waals surface area contributed by atoms with E-state index in [1.807, 2.05) is 12.1 Å². The maximum Gasteiger partial charge on any atom is 0.0832 e. The minimum absolute atomic E-state index is 0.0408. The van der Waals surface area contributed by atoms with Crippen molar-refractivity contribution < 1.29 is 4.74 Å². The summed E-state index contributed by atoms with van der Waals surface area (Å²) in [7, 11) is 1.75. The molecule has 1 atom stereocenters. The summed E-state index contributed by atoms with van der Waals surface area (Å²) in [6, 6.07) is 5.46. The zero-order chi connectivity index (χ0) is 13.2. The summed E-state index contributed by atoms with van der Waals surface area (Å²) in [5, 5.41) is 1.42. The van der Waals surface area contributed by atoms with E-state index in [0.717, 1.165) is 23.4 Å². The summed E-state index contributed by atoms with van der Waals surface area (Å²) in [6.45, 7) is 0. The molecule has 0 aromatic heterocycles. The molecule has 1 aromatic rings. The van der Waals surface area contributed by atoms with Crippen molar-refractivity contribution in [3.63, 3.8) is 0 Å². The van der Waals surface area contributed by atoms with Crippen LogP contribution in [0.3, 0.4) is 0 Å². The molecule has 2 N–H and O–H groups in total. The summed E-state index contributed by atoms with van der Waals surface area (Å²) < 4.78 is 5.70. The second kappa shape index (κ2) is 5.79. The van der Waals surface area contributed by atoms with Crippen molar-refractivity contribution in [1.82, 2.24) is 0 Å². The Hall–Kier alpha value is -0.280. The van der Waals surface area contributed by atoms with Gasteiger partial charge in [-0.25, -0.2) is 0 Å². The Labute approximate surface area is 118 Å². The summed E-state index contributed by atoms with van der Waals surface area (Å²) in [4.78, 5) is 0. The lowest BCUT2D eigenvalue weighted by atomic mass is 9.88. The maximum absolute atomic E-state index is 6.35. The van der Waals surface area contributed by atoms with Gasteiger partial charge in [0.05, 0.1) is 5.60 Å². The van der Waals surface area contributed by atoms with Crippen molar-refractivity contribution in [3.8, 4) is 0 Å². The molecule has 1 aliphatic rings. The predicted octanol–water partition coefficient (Wildman–Crippen LogP) is 3.82. The van der Waals surface area contributed by atoms with Gasteiger partial charge in [-0.1, -0.05) is 36.0 Å². The highest BCUT2D eigenvalue weighted by atomic mass is 35.5. The van der Waals surface area contributed by atoms with Crippen molar-refractivity contribution in [2.45, 2.75) is 43.7 Å². The monoisotopic (exact) mass is 287 g/mol. The van der Waals surface area contributed by atoms with E-state index in [-0.39, 0.29) is 11.6 Å². The van der Waals surface area contributed by atoms with Gasteiger partial charge in [0.25, 0.3) is 0 Å². The third-order valence-electron chi connectivity index (χ3n) is 3.98. The van der Waals surface area contributed by atoms with Crippen molar-refractivity contribution >= 4 is 23.2 Å². The normalized spacial score (nSPS) is 20.0. The number of rotatable bonds is 4. The Bertz CT molecular complexity index is 416. The number of methoxy groups -OCH3 is 1. The van der Waals surface area contributed by atoms with Gasteiger partial charge in [0.2, 0.25) is 0 Å². The molecule has 0 radical (unpaired) electrons. The fourth-order valence-electron chi connectivity index (χ4n) is 2.82. The molecular formula is C14H19Cl2NO. The number of hydrogen-bond donors (Lipinski definition) is 1. The van der Waals surface area contributed by atoms with Crippen LogP contribution in [0.25, 0.3) is 0 Å². The van der Waals surface area contributed by atoms with Crippen LogP contribution in [-0.2, 0) is 11.2 Å². The molecule has 2 nitrogen and oxygen atoms in total. The van der Waals surface area contributed by atoms with Crippen LogP contribution < -0.4 is 5.73 Å². The molecule has 1 aromatic carbocycles. The van der Waals surface area contributed by atoms with Crippen molar-refractivity contribution in [2.24, 2.45) is 5.73 Å². The molecule has 0 saturated heterocycles. The Morgan fingerprint density at radius 1 is 1.33 bits per heavy atom. The van der Waals surface area contributed by atoms with Crippen LogP contribution in [0.5, 0.6) is 0 Å². The first kappa shape index (κ1) is 14.1. The summed E-state index contributed by atoms with van der Waals surface area (Å²) in [5.74, 6) is 0. The first-order valence-electron chi connectivity index (χ1n) is 6.32. The molecule has 0 spiro atoms. The van der Waals surface area contributed by atoms with Gasteiger partial charge in [0.15, 0.2) is 0 Å². The van der Waals surface area contributed by atoms with Crippen LogP contribution >= 0.6 is 23.2 Å². The first-order chi connectivity index (χ1) is 8.57. The molecule has 0 amide bonds. The molecule has 1 aliphatic carbocycles. The lowest BCUT2D eigenvalue weighted by molar-refractivity contribution is -0.0253. The Balaban J connectivity index is 2.15. The van der Waals surface area contributed by atoms with E-state index in [1.165, 1.54) is 12.8 Å². The van der Waals surface area contributed by atoms with Crippen LogP contribution in [0.2, 0.25) is 10.0 Å². The molecule has 0 bridgehead atoms. The lowest BCUT2D eigenvalue weighted by Gasteiger charge is -2.34. The Morgan fingerprint density at radius 2 is 2.00 bits per heavy atom. The number of ether oxygens (including phenoxy) is 1. The highest BCUT2D eigenvalue weighted by Crippen LogP contribution is 2.36. The van der Waals surface area contributed by atoms with Crippen LogP contribution in [0.15, 0.2) is 18.2 Å². The van der Waals surface area contributed by atoms with Gasteiger partial charge in [0, 0.05) is 23.2 Å². The minimum Gasteiger partial charge on any atom is -0.377 e. The van der Waals surface area contributed by atoms with Gasteiger partial charge in [0.1, 0.15) is 0 Å². The molecule has 1 unspecified atom stereocenters. The van der Waals surface area contributed by atoms with Crippen molar-refractivity contribution in [2.75, 3.05) is 7.11 Å². The molecule has 0 heterocycles. The van der Waals surface area contributed by atoms with Crippen LogP contribution in [0.4, 0.5) is 0 Å². The van der Waals surface area contributed by atoms with Gasteiger partial charge >= 0.3 is 0 Å². The molecule has 1 saturated carbocycles. The Morgan fingerprint density at radius 3 is 2.61 bits per heavy atom. The molecule has 0 aliphatic heterocycles. The molecule has 2 rings (SSSR count). The predicted molar refractivity (Wildman–Crippen MR) is 76.3 cm³/mol. The van der Waals surface area contributed by atoms with Crippen LogP contribution in [-0.4, -0.2) is 18.8 Å². The lowest BCUT2D eigenvalue weighted by Crippen LogP contribution is -2.48. The fourth-order valence-corrected chi connectivity index (χ4v) is 3.21. The maximum atomic E-state index is 6.35. The topological polar surface area (TPSA) is 35.2 Å². The average molecular weight is 288 g/mol. The van der Waals surface area contributed by atoms with Gasteiger partial charge in [-0.15, -0.1) is 0 Å². The highest BCUT2D eigenvalue weighted by Gasteiger charge is 2.39. The van der Waals surface area contributed by atoms with E-state index in [0.29, 0.717) is 11.4 Å². The van der Waals surface area contributed by atoms with Gasteiger partial charge in [-0.05, 0) is 43.0 Å². The van der Waals surface area contributed by atoms with E-state index in [1.54, 1.807) is 13.2 Å². The van der Waals surface area contributed by atoms with Gasteiger partial charge < -0.3 is 10.5 Å². The fraction of sp³-hybridized carbons (Fsp3) is 0.571. The van der Waals surface area contributed by atoms with E-state index in [9.17, 15) is 0 Å². The molecule has 1 fully saturated rings. The third-order valence-corrected chi connectivity index (χ3v) is 4.58. The van der Waals surface area contributed by atoms with Gasteiger partial charge in [-0.3, -0.25) is 0 Å². The number of hydrogen-bond acceptors (Lipinski definition) is 2. The molecule has 18 heavy (non-hydrogen) atoms. The highest BCUT2D eigenvalue weighted by molar-refractivity contribution is 6.33. The second-order valence-electron chi connectivity index (χ2n) is 5.02. The van der Waals surface area contributed by atoms with E-state index < -0.39 is 0 Å². The standard InChI is InChI=1S/C14H19Cl2NO/c1-18-14(6-2-3-7-14)13(17)9-10-8-11(15)4-5-12(10)16/h4-5,8,13H,2-3,6-7,9,17H2,1H3. The number of nitrogens with two attached hydrogens (primary N) is 1. The number of benzene rings is 1. The quantitative estimate of drug-likeness (QED) is 0.914. The zero-order valence-corrected chi connectivity index (χ0v) is 12.1. The SMILES string of the molecule is COC1(C(N)Cc2cc(Cl)ccc2Cl)CCCC1. The largest absolute Gasteiger partial charge is 0.377 e. The zero-order valence-electron chi connectivity index (χ0n) is 10.6. The van der Waals surface area contributed by atoms with Crippen molar-refractivity contribution in [3.05, 3.63) is 33.8 Å². The van der Waals surface area contributed by atoms with Crippen LogP contribution in [0.1, 0.15) is 31.2 Å². The number of halogens is 2. The van der Waals surface area contributed by atoms with E-state index in [4.69, 9.17) is 33.7 Å². The van der Waals surface area contributed by atoms with Crippen LogP contribution in [0, 0.1) is 0 Å². The third kappa shape index (κ3) is 2.83. The Kier molecular flexibility index (Phi) is 4.54. The summed E-state index contributed by atoms with van der Waals surface area (Å²) >= 11 is 12.2. The summed E-state index contributed by atoms with van der Waals surface area (Å²) in [6.07, 6.45) is 5.13. The second-order valence-corrected chi connectivity index (χ2v) is 5.87. The van der Waals surface area contributed by atoms with E-state index in [2.05, 4.69) is 0 Å².